The molecule has 0 spiro atoms. The second-order valence-corrected chi connectivity index (χ2v) is 8.34. The minimum absolute atomic E-state index is 0.0752. The van der Waals surface area contributed by atoms with Gasteiger partial charge in [-0.25, -0.2) is 9.37 Å². The quantitative estimate of drug-likeness (QED) is 0.623. The van der Waals surface area contributed by atoms with Gasteiger partial charge in [0.05, 0.1) is 23.1 Å². The number of anilines is 2. The van der Waals surface area contributed by atoms with Crippen LogP contribution in [0.4, 0.5) is 15.8 Å². The Morgan fingerprint density at radius 1 is 1.12 bits per heavy atom. The lowest BCUT2D eigenvalue weighted by Gasteiger charge is -2.48. The van der Waals surface area contributed by atoms with Crippen molar-refractivity contribution in [3.8, 4) is 11.6 Å². The van der Waals surface area contributed by atoms with Gasteiger partial charge < -0.3 is 15.0 Å². The van der Waals surface area contributed by atoms with Crippen molar-refractivity contribution in [2.45, 2.75) is 25.4 Å². The lowest BCUT2D eigenvalue weighted by Crippen LogP contribution is -2.63. The van der Waals surface area contributed by atoms with Crippen LogP contribution in [0.3, 0.4) is 0 Å². The second kappa shape index (κ2) is 8.26. The van der Waals surface area contributed by atoms with Gasteiger partial charge in [0, 0.05) is 12.5 Å². The molecule has 34 heavy (non-hydrogen) atoms. The molecule has 2 aromatic carbocycles. The van der Waals surface area contributed by atoms with Gasteiger partial charge in [-0.05, 0) is 55.8 Å². The van der Waals surface area contributed by atoms with E-state index in [4.69, 9.17) is 4.74 Å². The van der Waals surface area contributed by atoms with E-state index in [0.29, 0.717) is 35.5 Å². The van der Waals surface area contributed by atoms with Crippen molar-refractivity contribution in [3.63, 3.8) is 0 Å². The maximum Gasteiger partial charge on any atom is 0.258 e. The van der Waals surface area contributed by atoms with Crippen LogP contribution in [0.2, 0.25) is 0 Å². The van der Waals surface area contributed by atoms with Gasteiger partial charge in [0.2, 0.25) is 17.7 Å². The molecule has 1 atom stereocenters. The lowest BCUT2D eigenvalue weighted by molar-refractivity contribution is -0.120. The van der Waals surface area contributed by atoms with E-state index in [-0.39, 0.29) is 30.1 Å². The molecule has 172 valence electrons. The Morgan fingerprint density at radius 2 is 1.88 bits per heavy atom. The van der Waals surface area contributed by atoms with Gasteiger partial charge in [-0.1, -0.05) is 12.1 Å². The van der Waals surface area contributed by atoms with Gasteiger partial charge in [-0.2, -0.15) is 0 Å². The number of hydrogen-bond donors (Lipinski definition) is 1. The Bertz CT molecular complexity index is 1280. The fourth-order valence-electron chi connectivity index (χ4n) is 4.42. The molecular weight excluding hydrogens is 439 g/mol. The standard InChI is InChI=1S/C25H21FN4O4/c1-25-13-12-23(32)30(25)20-5-3-2-4-19(20)24(33)29(25)15-21(31)28-17-8-11-22(27-14-17)34-18-9-6-16(26)7-10-18/h2-11,14H,12-13,15H2,1H3,(H,28,31). The van der Waals surface area contributed by atoms with Crippen LogP contribution in [0.25, 0.3) is 0 Å². The van der Waals surface area contributed by atoms with Gasteiger partial charge >= 0.3 is 0 Å². The normalized spacial score (nSPS) is 19.0. The van der Waals surface area contributed by atoms with Crippen LogP contribution in [-0.4, -0.2) is 39.8 Å². The maximum atomic E-state index is 13.3. The molecule has 0 bridgehead atoms. The van der Waals surface area contributed by atoms with Crippen molar-refractivity contribution in [1.29, 1.82) is 0 Å². The minimum Gasteiger partial charge on any atom is -0.439 e. The van der Waals surface area contributed by atoms with E-state index >= 15 is 0 Å². The predicted octanol–water partition coefficient (Wildman–Crippen LogP) is 3.95. The van der Waals surface area contributed by atoms with Crippen LogP contribution in [-0.2, 0) is 9.59 Å². The summed E-state index contributed by atoms with van der Waals surface area (Å²) in [7, 11) is 0. The van der Waals surface area contributed by atoms with Gasteiger partial charge in [0.25, 0.3) is 5.91 Å². The Balaban J connectivity index is 1.30. The molecule has 0 radical (unpaired) electrons. The smallest absolute Gasteiger partial charge is 0.258 e. The van der Waals surface area contributed by atoms with Crippen LogP contribution < -0.4 is 15.0 Å². The monoisotopic (exact) mass is 460 g/mol. The van der Waals surface area contributed by atoms with E-state index in [1.165, 1.54) is 35.4 Å². The number of halogens is 1. The van der Waals surface area contributed by atoms with Crippen LogP contribution in [0.5, 0.6) is 11.6 Å². The highest BCUT2D eigenvalue weighted by atomic mass is 19.1. The summed E-state index contributed by atoms with van der Waals surface area (Å²) in [5, 5.41) is 2.74. The highest BCUT2D eigenvalue weighted by Gasteiger charge is 2.53. The first-order chi connectivity index (χ1) is 16.3. The highest BCUT2D eigenvalue weighted by Crippen LogP contribution is 2.43. The third-order valence-electron chi connectivity index (χ3n) is 6.10. The average Bonchev–Trinajstić information content (AvgIpc) is 3.14. The van der Waals surface area contributed by atoms with Gasteiger partial charge in [0.1, 0.15) is 23.8 Å². The largest absolute Gasteiger partial charge is 0.439 e. The number of nitrogens with zero attached hydrogens (tertiary/aromatic N) is 3. The first-order valence-corrected chi connectivity index (χ1v) is 10.8. The zero-order valence-corrected chi connectivity index (χ0v) is 18.3. The van der Waals surface area contributed by atoms with Crippen molar-refractivity contribution in [2.24, 2.45) is 0 Å². The summed E-state index contributed by atoms with van der Waals surface area (Å²) in [6, 6.07) is 15.7. The number of para-hydroxylation sites is 1. The molecule has 1 unspecified atom stereocenters. The zero-order valence-electron chi connectivity index (χ0n) is 18.3. The zero-order chi connectivity index (χ0) is 23.9. The second-order valence-electron chi connectivity index (χ2n) is 8.34. The molecular formula is C25H21FN4O4. The Kier molecular flexibility index (Phi) is 5.24. The van der Waals surface area contributed by atoms with E-state index in [1.807, 2.05) is 6.92 Å². The third kappa shape index (κ3) is 3.75. The van der Waals surface area contributed by atoms with Crippen molar-refractivity contribution in [1.82, 2.24) is 9.88 Å². The molecule has 0 saturated carbocycles. The number of fused-ring (bicyclic) bond motifs is 3. The van der Waals surface area contributed by atoms with Crippen LogP contribution in [0.1, 0.15) is 30.1 Å². The van der Waals surface area contributed by atoms with Crippen molar-refractivity contribution >= 4 is 29.1 Å². The molecule has 0 aliphatic carbocycles. The topological polar surface area (TPSA) is 91.8 Å². The molecule has 3 amide bonds. The molecule has 3 heterocycles. The number of benzene rings is 2. The molecule has 5 rings (SSSR count). The number of nitrogens with one attached hydrogen (secondary N) is 1. The van der Waals surface area contributed by atoms with Crippen molar-refractivity contribution in [2.75, 3.05) is 16.8 Å². The summed E-state index contributed by atoms with van der Waals surface area (Å²) in [6.07, 6.45) is 2.17. The van der Waals surface area contributed by atoms with E-state index in [9.17, 15) is 18.8 Å². The first-order valence-electron chi connectivity index (χ1n) is 10.8. The molecule has 1 aromatic heterocycles. The maximum absolute atomic E-state index is 13.3. The molecule has 9 heteroatoms. The minimum atomic E-state index is -0.912. The van der Waals surface area contributed by atoms with Crippen molar-refractivity contribution in [3.05, 3.63) is 78.2 Å². The summed E-state index contributed by atoms with van der Waals surface area (Å²) in [5.41, 5.74) is 0.484. The number of rotatable bonds is 5. The summed E-state index contributed by atoms with van der Waals surface area (Å²) < 4.78 is 18.6. The molecule has 8 nitrogen and oxygen atoms in total. The van der Waals surface area contributed by atoms with Gasteiger partial charge in [-0.15, -0.1) is 0 Å². The fraction of sp³-hybridized carbons (Fsp3) is 0.200. The number of amides is 3. The number of carbonyl (C=O) groups is 3. The Hall–Kier alpha value is -4.27. The molecule has 2 aliphatic heterocycles. The number of pyridine rings is 1. The van der Waals surface area contributed by atoms with Crippen LogP contribution in [0.15, 0.2) is 66.9 Å². The summed E-state index contributed by atoms with van der Waals surface area (Å²) >= 11 is 0. The van der Waals surface area contributed by atoms with Crippen molar-refractivity contribution < 1.29 is 23.5 Å². The average molecular weight is 460 g/mol. The lowest BCUT2D eigenvalue weighted by atomic mass is 9.98. The number of ether oxygens (including phenoxy) is 1. The summed E-state index contributed by atoms with van der Waals surface area (Å²) in [4.78, 5) is 46.0. The van der Waals surface area contributed by atoms with Gasteiger partial charge in [0.15, 0.2) is 0 Å². The molecule has 3 aromatic rings. The van der Waals surface area contributed by atoms with Gasteiger partial charge in [-0.3, -0.25) is 19.3 Å². The Morgan fingerprint density at radius 3 is 2.62 bits per heavy atom. The Labute approximate surface area is 195 Å². The van der Waals surface area contributed by atoms with Crippen LogP contribution >= 0.6 is 0 Å². The number of carbonyl (C=O) groups excluding carboxylic acids is 3. The number of aromatic nitrogens is 1. The van der Waals surface area contributed by atoms with E-state index in [1.54, 1.807) is 41.3 Å². The van der Waals surface area contributed by atoms with E-state index in [2.05, 4.69) is 10.3 Å². The molecule has 2 aliphatic rings. The van der Waals surface area contributed by atoms with Crippen LogP contribution in [0, 0.1) is 5.82 Å². The summed E-state index contributed by atoms with van der Waals surface area (Å²) in [6.45, 7) is 1.59. The number of hydrogen-bond acceptors (Lipinski definition) is 5. The molecule has 1 N–H and O–H groups in total. The van der Waals surface area contributed by atoms with E-state index < -0.39 is 11.6 Å². The molecule has 1 fully saturated rings. The first kappa shape index (κ1) is 21.6. The third-order valence-corrected chi connectivity index (χ3v) is 6.10. The summed E-state index contributed by atoms with van der Waals surface area (Å²) in [5.74, 6) is -0.442. The predicted molar refractivity (Wildman–Crippen MR) is 122 cm³/mol. The highest BCUT2D eigenvalue weighted by molar-refractivity contribution is 6.11. The SMILES string of the molecule is CC12CCC(=O)N1c1ccccc1C(=O)N2CC(=O)Nc1ccc(Oc2ccc(F)cc2)nc1. The molecule has 1 saturated heterocycles. The van der Waals surface area contributed by atoms with E-state index in [0.717, 1.165) is 0 Å². The fourth-order valence-corrected chi connectivity index (χ4v) is 4.42.